The Hall–Kier alpha value is -0.920. The maximum atomic E-state index is 12.3. The lowest BCUT2D eigenvalue weighted by molar-refractivity contribution is -0.125. The van der Waals surface area contributed by atoms with Crippen molar-refractivity contribution >= 4 is 27.3 Å². The molecule has 1 atom stereocenters. The number of carbonyl (C=O) groups excluding carboxylic acids is 1. The Balaban J connectivity index is 2.17. The molecule has 1 aliphatic rings. The van der Waals surface area contributed by atoms with E-state index in [4.69, 9.17) is 0 Å². The molecule has 1 aliphatic heterocycles. The summed E-state index contributed by atoms with van der Waals surface area (Å²) in [7, 11) is -1.84. The molecule has 2 heterocycles. The molecule has 1 saturated heterocycles. The van der Waals surface area contributed by atoms with Gasteiger partial charge in [-0.3, -0.25) is 4.79 Å². The van der Waals surface area contributed by atoms with Crippen molar-refractivity contribution in [3.63, 3.8) is 0 Å². The molecule has 0 aliphatic carbocycles. The predicted molar refractivity (Wildman–Crippen MR) is 69.9 cm³/mol. The maximum absolute atomic E-state index is 12.3. The van der Waals surface area contributed by atoms with Gasteiger partial charge in [-0.05, 0) is 24.3 Å². The Morgan fingerprint density at radius 1 is 1.56 bits per heavy atom. The van der Waals surface area contributed by atoms with E-state index in [9.17, 15) is 13.2 Å². The fraction of sp³-hybridized carbons (Fsp3) is 0.545. The molecular formula is C11H16N2O3S2. The maximum Gasteiger partial charge on any atom is 0.252 e. The van der Waals surface area contributed by atoms with E-state index in [0.29, 0.717) is 10.8 Å². The van der Waals surface area contributed by atoms with Gasteiger partial charge in [-0.15, -0.1) is 11.3 Å². The first kappa shape index (κ1) is 13.5. The number of carbonyl (C=O) groups is 1. The minimum Gasteiger partial charge on any atom is -0.359 e. The molecule has 1 aromatic heterocycles. The zero-order valence-corrected chi connectivity index (χ0v) is 11.8. The molecule has 1 aromatic rings. The second kappa shape index (κ2) is 5.38. The molecule has 0 bridgehead atoms. The van der Waals surface area contributed by atoms with Crippen LogP contribution in [0, 0.1) is 5.92 Å². The predicted octanol–water partition coefficient (Wildman–Crippen LogP) is 0.895. The number of nitrogens with zero attached hydrogens (tertiary/aromatic N) is 1. The smallest absolute Gasteiger partial charge is 0.252 e. The molecule has 100 valence electrons. The summed E-state index contributed by atoms with van der Waals surface area (Å²) in [5, 5.41) is 4.33. The zero-order chi connectivity index (χ0) is 13.2. The van der Waals surface area contributed by atoms with E-state index in [-0.39, 0.29) is 18.4 Å². The lowest BCUT2D eigenvalue weighted by atomic mass is 9.99. The largest absolute Gasteiger partial charge is 0.359 e. The first-order valence-corrected chi connectivity index (χ1v) is 8.13. The van der Waals surface area contributed by atoms with Crippen molar-refractivity contribution < 1.29 is 13.2 Å². The highest BCUT2D eigenvalue weighted by atomic mass is 32.2. The summed E-state index contributed by atoms with van der Waals surface area (Å²) < 4.78 is 26.4. The molecule has 0 spiro atoms. The van der Waals surface area contributed by atoms with Gasteiger partial charge in [0.1, 0.15) is 4.21 Å². The number of nitrogens with one attached hydrogen (secondary N) is 1. The normalized spacial score (nSPS) is 21.7. The van der Waals surface area contributed by atoms with Crippen LogP contribution in [0.4, 0.5) is 0 Å². The Kier molecular flexibility index (Phi) is 4.04. The number of hydrogen-bond donors (Lipinski definition) is 1. The van der Waals surface area contributed by atoms with Crippen LogP contribution in [0.5, 0.6) is 0 Å². The Morgan fingerprint density at radius 2 is 2.33 bits per heavy atom. The SMILES string of the molecule is CNC(=O)C1CCCN(S(=O)(=O)c2cccs2)C1. The van der Waals surface area contributed by atoms with Crippen molar-refractivity contribution in [3.8, 4) is 0 Å². The number of piperidine rings is 1. The second-order valence-corrected chi connectivity index (χ2v) is 7.36. The van der Waals surface area contributed by atoms with Crippen molar-refractivity contribution in [2.75, 3.05) is 20.1 Å². The van der Waals surface area contributed by atoms with Crippen LogP contribution >= 0.6 is 11.3 Å². The number of sulfonamides is 1. The Bertz CT molecular complexity index is 510. The van der Waals surface area contributed by atoms with Crippen molar-refractivity contribution in [2.45, 2.75) is 17.1 Å². The highest BCUT2D eigenvalue weighted by Crippen LogP contribution is 2.26. The summed E-state index contributed by atoms with van der Waals surface area (Å²) in [6, 6.07) is 3.32. The molecule has 1 amide bonds. The van der Waals surface area contributed by atoms with Gasteiger partial charge in [0.15, 0.2) is 0 Å². The van der Waals surface area contributed by atoms with Gasteiger partial charge in [0.25, 0.3) is 10.0 Å². The van der Waals surface area contributed by atoms with E-state index in [2.05, 4.69) is 5.32 Å². The number of thiophene rings is 1. The van der Waals surface area contributed by atoms with E-state index in [1.807, 2.05) is 0 Å². The molecule has 7 heteroatoms. The lowest BCUT2D eigenvalue weighted by Crippen LogP contribution is -2.44. The van der Waals surface area contributed by atoms with Gasteiger partial charge in [-0.1, -0.05) is 6.07 Å². The van der Waals surface area contributed by atoms with Gasteiger partial charge in [0.2, 0.25) is 5.91 Å². The molecule has 18 heavy (non-hydrogen) atoms. The number of hydrogen-bond acceptors (Lipinski definition) is 4. The molecule has 1 N–H and O–H groups in total. The first-order valence-electron chi connectivity index (χ1n) is 5.81. The third-order valence-electron chi connectivity index (χ3n) is 3.09. The Labute approximate surface area is 111 Å². The molecule has 5 nitrogen and oxygen atoms in total. The van der Waals surface area contributed by atoms with Gasteiger partial charge in [0.05, 0.1) is 5.92 Å². The highest BCUT2D eigenvalue weighted by Gasteiger charge is 2.33. The van der Waals surface area contributed by atoms with Gasteiger partial charge >= 0.3 is 0 Å². The van der Waals surface area contributed by atoms with E-state index < -0.39 is 10.0 Å². The van der Waals surface area contributed by atoms with Crippen molar-refractivity contribution in [3.05, 3.63) is 17.5 Å². The van der Waals surface area contributed by atoms with Crippen LogP contribution in [-0.2, 0) is 14.8 Å². The van der Waals surface area contributed by atoms with Gasteiger partial charge in [-0.2, -0.15) is 4.31 Å². The molecular weight excluding hydrogens is 272 g/mol. The van der Waals surface area contributed by atoms with E-state index in [0.717, 1.165) is 12.8 Å². The molecule has 1 unspecified atom stereocenters. The monoisotopic (exact) mass is 288 g/mol. The number of rotatable bonds is 3. The average molecular weight is 288 g/mol. The molecule has 1 fully saturated rings. The molecule has 0 radical (unpaired) electrons. The standard InChI is InChI=1S/C11H16N2O3S2/c1-12-11(14)9-4-2-6-13(8-9)18(15,16)10-5-3-7-17-10/h3,5,7,9H,2,4,6,8H2,1H3,(H,12,14). The van der Waals surface area contributed by atoms with E-state index in [1.165, 1.54) is 15.6 Å². The summed E-state index contributed by atoms with van der Waals surface area (Å²) in [6.07, 6.45) is 1.47. The minimum atomic E-state index is -3.42. The van der Waals surface area contributed by atoms with Gasteiger partial charge in [-0.25, -0.2) is 8.42 Å². The highest BCUT2D eigenvalue weighted by molar-refractivity contribution is 7.91. The van der Waals surface area contributed by atoms with Crippen LogP contribution in [0.15, 0.2) is 21.7 Å². The van der Waals surface area contributed by atoms with Gasteiger partial charge < -0.3 is 5.32 Å². The minimum absolute atomic E-state index is 0.0823. The van der Waals surface area contributed by atoms with Crippen molar-refractivity contribution in [1.82, 2.24) is 9.62 Å². The third kappa shape index (κ3) is 2.57. The second-order valence-electron chi connectivity index (χ2n) is 4.25. The van der Waals surface area contributed by atoms with E-state index >= 15 is 0 Å². The topological polar surface area (TPSA) is 66.5 Å². The summed E-state index contributed by atoms with van der Waals surface area (Å²) >= 11 is 1.21. The molecule has 2 rings (SSSR count). The summed E-state index contributed by atoms with van der Waals surface area (Å²) in [4.78, 5) is 11.6. The summed E-state index contributed by atoms with van der Waals surface area (Å²) in [6.45, 7) is 0.771. The summed E-state index contributed by atoms with van der Waals surface area (Å²) in [5.41, 5.74) is 0. The van der Waals surface area contributed by atoms with Gasteiger partial charge in [0, 0.05) is 20.1 Å². The third-order valence-corrected chi connectivity index (χ3v) is 6.33. The number of amides is 1. The van der Waals surface area contributed by atoms with Crippen LogP contribution in [0.2, 0.25) is 0 Å². The Morgan fingerprint density at radius 3 is 2.94 bits per heavy atom. The zero-order valence-electron chi connectivity index (χ0n) is 10.1. The van der Waals surface area contributed by atoms with Crippen LogP contribution in [-0.4, -0.2) is 38.8 Å². The first-order chi connectivity index (χ1) is 8.55. The van der Waals surface area contributed by atoms with Crippen LogP contribution in [0.1, 0.15) is 12.8 Å². The fourth-order valence-corrected chi connectivity index (χ4v) is 4.78. The molecule has 0 aromatic carbocycles. The van der Waals surface area contributed by atoms with Crippen LogP contribution in [0.25, 0.3) is 0 Å². The van der Waals surface area contributed by atoms with Crippen LogP contribution in [0.3, 0.4) is 0 Å². The molecule has 0 saturated carbocycles. The fourth-order valence-electron chi connectivity index (χ4n) is 2.12. The van der Waals surface area contributed by atoms with Crippen molar-refractivity contribution in [1.29, 1.82) is 0 Å². The average Bonchev–Trinajstić information content (AvgIpc) is 2.92. The summed E-state index contributed by atoms with van der Waals surface area (Å²) in [5.74, 6) is -0.320. The lowest BCUT2D eigenvalue weighted by Gasteiger charge is -2.30. The van der Waals surface area contributed by atoms with Crippen molar-refractivity contribution in [2.24, 2.45) is 5.92 Å². The van der Waals surface area contributed by atoms with Crippen LogP contribution < -0.4 is 5.32 Å². The quantitative estimate of drug-likeness (QED) is 0.898. The van der Waals surface area contributed by atoms with E-state index in [1.54, 1.807) is 24.6 Å².